The first-order valence-electron chi connectivity index (χ1n) is 8.95. The summed E-state index contributed by atoms with van der Waals surface area (Å²) in [6.45, 7) is 6.09. The zero-order valence-corrected chi connectivity index (χ0v) is 15.8. The second kappa shape index (κ2) is 14.4. The van der Waals surface area contributed by atoms with Gasteiger partial charge in [-0.15, -0.1) is 4.67 Å². The van der Waals surface area contributed by atoms with Gasteiger partial charge in [0.25, 0.3) is 0 Å². The Morgan fingerprint density at radius 2 is 1.43 bits per heavy atom. The quantitative estimate of drug-likeness (QED) is 0.132. The number of hydrogen-bond donors (Lipinski definition) is 2. The third-order valence-electron chi connectivity index (χ3n) is 3.75. The Balaban J connectivity index is 3.80. The molecule has 0 aromatic heterocycles. The second-order valence-corrected chi connectivity index (χ2v) is 7.19. The minimum Gasteiger partial charge on any atom is -0.347 e. The van der Waals surface area contributed by atoms with Gasteiger partial charge in [-0.05, 0) is 19.8 Å². The van der Waals surface area contributed by atoms with Crippen molar-refractivity contribution >= 4 is 7.82 Å². The number of phosphoric acid groups is 1. The lowest BCUT2D eigenvalue weighted by Crippen LogP contribution is -2.22. The molecule has 2 atom stereocenters. The predicted octanol–water partition coefficient (Wildman–Crippen LogP) is 5.09. The van der Waals surface area contributed by atoms with Crippen LogP contribution in [0, 0.1) is 0 Å². The van der Waals surface area contributed by atoms with Crippen molar-refractivity contribution in [2.75, 3.05) is 0 Å². The van der Waals surface area contributed by atoms with E-state index in [0.717, 1.165) is 19.3 Å². The number of hydrogen-bond acceptors (Lipinski definition) is 4. The first-order chi connectivity index (χ1) is 10.9. The molecular formula is C16H35O6P. The summed E-state index contributed by atoms with van der Waals surface area (Å²) in [5.41, 5.74) is 0. The molecule has 0 aliphatic heterocycles. The van der Waals surface area contributed by atoms with Crippen LogP contribution >= 0.6 is 7.82 Å². The highest BCUT2D eigenvalue weighted by Crippen LogP contribution is 2.37. The van der Waals surface area contributed by atoms with E-state index in [2.05, 4.69) is 11.6 Å². The lowest BCUT2D eigenvalue weighted by atomic mass is 10.1. The Morgan fingerprint density at radius 1 is 0.913 bits per heavy atom. The molecule has 0 amide bonds. The lowest BCUT2D eigenvalue weighted by Gasteiger charge is -2.20. The monoisotopic (exact) mass is 354 g/mol. The molecule has 0 aliphatic carbocycles. The van der Waals surface area contributed by atoms with Crippen molar-refractivity contribution in [2.24, 2.45) is 0 Å². The number of rotatable bonds is 16. The van der Waals surface area contributed by atoms with Gasteiger partial charge in [-0.3, -0.25) is 0 Å². The molecular weight excluding hydrogens is 319 g/mol. The summed E-state index contributed by atoms with van der Waals surface area (Å²) in [6.07, 6.45) is 11.5. The SMILES string of the molecule is CCCCCCCCCCCC(OOP(=O)(O)O)OC(C)CC. The third-order valence-corrected chi connectivity index (χ3v) is 4.03. The lowest BCUT2D eigenvalue weighted by molar-refractivity contribution is -0.337. The minimum atomic E-state index is -4.64. The normalized spacial score (nSPS) is 14.8. The highest BCUT2D eigenvalue weighted by Gasteiger charge is 2.21. The molecule has 2 N–H and O–H groups in total. The van der Waals surface area contributed by atoms with E-state index in [1.165, 1.54) is 44.9 Å². The van der Waals surface area contributed by atoms with E-state index < -0.39 is 14.1 Å². The highest BCUT2D eigenvalue weighted by atomic mass is 31.2. The van der Waals surface area contributed by atoms with E-state index in [1.54, 1.807) is 0 Å². The molecule has 2 unspecified atom stereocenters. The average Bonchev–Trinajstić information content (AvgIpc) is 2.49. The molecule has 6 nitrogen and oxygen atoms in total. The molecule has 0 aromatic carbocycles. The Morgan fingerprint density at radius 3 is 1.91 bits per heavy atom. The molecule has 23 heavy (non-hydrogen) atoms. The van der Waals surface area contributed by atoms with Gasteiger partial charge in [0.1, 0.15) is 0 Å². The van der Waals surface area contributed by atoms with Crippen molar-refractivity contribution < 1.29 is 28.7 Å². The zero-order valence-electron chi connectivity index (χ0n) is 14.9. The van der Waals surface area contributed by atoms with Gasteiger partial charge >= 0.3 is 7.82 Å². The fraction of sp³-hybridized carbons (Fsp3) is 1.00. The molecule has 0 heterocycles. The van der Waals surface area contributed by atoms with Crippen molar-refractivity contribution in [1.82, 2.24) is 0 Å². The van der Waals surface area contributed by atoms with Gasteiger partial charge in [-0.2, -0.15) is 4.89 Å². The molecule has 0 radical (unpaired) electrons. The van der Waals surface area contributed by atoms with Crippen LogP contribution in [0.15, 0.2) is 0 Å². The standard InChI is InChI=1S/C16H35O6P/c1-4-6-7-8-9-10-11-12-13-14-16(20-15(3)5-2)21-22-23(17,18)19/h15-16H,4-14H2,1-3H3,(H2,17,18,19). The maximum Gasteiger partial charge on any atom is 0.496 e. The van der Waals surface area contributed by atoms with Gasteiger partial charge < -0.3 is 14.5 Å². The van der Waals surface area contributed by atoms with Crippen LogP contribution < -0.4 is 0 Å². The van der Waals surface area contributed by atoms with Crippen molar-refractivity contribution in [3.05, 3.63) is 0 Å². The van der Waals surface area contributed by atoms with Gasteiger partial charge in [0.15, 0.2) is 6.29 Å². The highest BCUT2D eigenvalue weighted by molar-refractivity contribution is 7.46. The fourth-order valence-electron chi connectivity index (χ4n) is 2.22. The van der Waals surface area contributed by atoms with Crippen LogP contribution in [0.5, 0.6) is 0 Å². The van der Waals surface area contributed by atoms with Crippen LogP contribution in [0.3, 0.4) is 0 Å². The summed E-state index contributed by atoms with van der Waals surface area (Å²) in [7, 11) is -4.64. The van der Waals surface area contributed by atoms with E-state index in [9.17, 15) is 4.57 Å². The van der Waals surface area contributed by atoms with E-state index in [4.69, 9.17) is 19.4 Å². The molecule has 140 valence electrons. The molecule has 0 rings (SSSR count). The summed E-state index contributed by atoms with van der Waals surface area (Å²) >= 11 is 0. The predicted molar refractivity (Wildman–Crippen MR) is 90.7 cm³/mol. The van der Waals surface area contributed by atoms with Crippen LogP contribution in [-0.2, 0) is 18.9 Å². The Bertz CT molecular complexity index is 307. The van der Waals surface area contributed by atoms with Crippen LogP contribution in [0.2, 0.25) is 0 Å². The van der Waals surface area contributed by atoms with Gasteiger partial charge in [-0.25, -0.2) is 4.57 Å². The van der Waals surface area contributed by atoms with Gasteiger partial charge in [0.2, 0.25) is 0 Å². The van der Waals surface area contributed by atoms with Gasteiger partial charge in [0.05, 0.1) is 6.10 Å². The molecule has 0 saturated carbocycles. The van der Waals surface area contributed by atoms with Crippen molar-refractivity contribution in [3.8, 4) is 0 Å². The third kappa shape index (κ3) is 16.7. The second-order valence-electron chi connectivity index (χ2n) is 6.06. The van der Waals surface area contributed by atoms with E-state index in [1.807, 2.05) is 13.8 Å². The fourth-order valence-corrected chi connectivity index (χ4v) is 2.43. The summed E-state index contributed by atoms with van der Waals surface area (Å²) in [5.74, 6) is 0. The first-order valence-corrected chi connectivity index (χ1v) is 10.5. The Kier molecular flexibility index (Phi) is 14.4. The van der Waals surface area contributed by atoms with E-state index in [0.29, 0.717) is 6.42 Å². The first kappa shape index (κ1) is 23.0. The maximum absolute atomic E-state index is 10.7. The molecule has 7 heteroatoms. The van der Waals surface area contributed by atoms with Crippen LogP contribution in [0.4, 0.5) is 0 Å². The number of ether oxygens (including phenoxy) is 1. The topological polar surface area (TPSA) is 85.2 Å². The van der Waals surface area contributed by atoms with Crippen molar-refractivity contribution in [2.45, 2.75) is 104 Å². The molecule has 0 saturated heterocycles. The van der Waals surface area contributed by atoms with Gasteiger partial charge in [-0.1, -0.05) is 65.2 Å². The minimum absolute atomic E-state index is 0.0427. The molecule has 0 spiro atoms. The molecule has 0 fully saturated rings. The molecule has 0 aliphatic rings. The van der Waals surface area contributed by atoms with E-state index >= 15 is 0 Å². The maximum atomic E-state index is 10.7. The van der Waals surface area contributed by atoms with E-state index in [-0.39, 0.29) is 6.10 Å². The Labute approximate surface area is 141 Å². The van der Waals surface area contributed by atoms with Crippen molar-refractivity contribution in [1.29, 1.82) is 0 Å². The van der Waals surface area contributed by atoms with Gasteiger partial charge in [0, 0.05) is 6.42 Å². The smallest absolute Gasteiger partial charge is 0.347 e. The summed E-state index contributed by atoms with van der Waals surface area (Å²) in [4.78, 5) is 22.2. The summed E-state index contributed by atoms with van der Waals surface area (Å²) < 4.78 is 20.4. The van der Waals surface area contributed by atoms with Crippen LogP contribution in [0.1, 0.15) is 91.4 Å². The zero-order chi connectivity index (χ0) is 17.6. The van der Waals surface area contributed by atoms with Crippen molar-refractivity contribution in [3.63, 3.8) is 0 Å². The largest absolute Gasteiger partial charge is 0.496 e. The number of unbranched alkanes of at least 4 members (excludes halogenated alkanes) is 8. The Hall–Kier alpha value is 0.0300. The summed E-state index contributed by atoms with van der Waals surface area (Å²) in [5, 5.41) is 0. The summed E-state index contributed by atoms with van der Waals surface area (Å²) in [6, 6.07) is 0. The van der Waals surface area contributed by atoms with Crippen LogP contribution in [-0.4, -0.2) is 22.2 Å². The molecule has 0 aromatic rings. The van der Waals surface area contributed by atoms with Crippen LogP contribution in [0.25, 0.3) is 0 Å². The average molecular weight is 354 g/mol. The molecule has 0 bridgehead atoms.